The van der Waals surface area contributed by atoms with Crippen LogP contribution in [0.5, 0.6) is 0 Å². The summed E-state index contributed by atoms with van der Waals surface area (Å²) in [6, 6.07) is 9.78. The first-order valence-electron chi connectivity index (χ1n) is 6.22. The van der Waals surface area contributed by atoms with Crippen molar-refractivity contribution in [3.63, 3.8) is 0 Å². The standard InChI is InChI=1S/C14H20N2O3/c1-15(10-8-12-6-4-3-5-7-12)14(19)16(2)11-9-13(17)18/h3-7H,8-11H2,1-2H3,(H,17,18). The van der Waals surface area contributed by atoms with Crippen LogP contribution in [0.2, 0.25) is 0 Å². The van der Waals surface area contributed by atoms with E-state index >= 15 is 0 Å². The number of carboxylic acids is 1. The number of carbonyl (C=O) groups is 2. The van der Waals surface area contributed by atoms with Crippen molar-refractivity contribution in [2.24, 2.45) is 0 Å². The van der Waals surface area contributed by atoms with Crippen LogP contribution in [0.25, 0.3) is 0 Å². The molecule has 0 saturated heterocycles. The van der Waals surface area contributed by atoms with Crippen LogP contribution in [-0.2, 0) is 11.2 Å². The molecule has 1 rings (SSSR count). The number of nitrogens with zero attached hydrogens (tertiary/aromatic N) is 2. The zero-order chi connectivity index (χ0) is 14.3. The fraction of sp³-hybridized carbons (Fsp3) is 0.429. The van der Waals surface area contributed by atoms with Gasteiger partial charge in [-0.1, -0.05) is 30.3 Å². The minimum absolute atomic E-state index is 0.0330. The molecular weight excluding hydrogens is 244 g/mol. The van der Waals surface area contributed by atoms with Crippen LogP contribution in [0.15, 0.2) is 30.3 Å². The maximum atomic E-state index is 11.9. The van der Waals surface area contributed by atoms with Crippen LogP contribution in [-0.4, -0.2) is 54.1 Å². The first kappa shape index (κ1) is 15.0. The van der Waals surface area contributed by atoms with Crippen LogP contribution in [0.1, 0.15) is 12.0 Å². The highest BCUT2D eigenvalue weighted by Gasteiger charge is 2.14. The van der Waals surface area contributed by atoms with Gasteiger partial charge in [-0.3, -0.25) is 4.79 Å². The average Bonchev–Trinajstić information content (AvgIpc) is 2.42. The number of rotatable bonds is 6. The summed E-state index contributed by atoms with van der Waals surface area (Å²) >= 11 is 0. The van der Waals surface area contributed by atoms with E-state index in [2.05, 4.69) is 0 Å². The van der Waals surface area contributed by atoms with Gasteiger partial charge in [-0.05, 0) is 12.0 Å². The summed E-state index contributed by atoms with van der Waals surface area (Å²) in [6.07, 6.45) is 0.755. The third-order valence-electron chi connectivity index (χ3n) is 2.89. The highest BCUT2D eigenvalue weighted by atomic mass is 16.4. The molecule has 5 heteroatoms. The van der Waals surface area contributed by atoms with E-state index in [9.17, 15) is 9.59 Å². The second kappa shape index (κ2) is 7.41. The van der Waals surface area contributed by atoms with Gasteiger partial charge in [0.25, 0.3) is 0 Å². The molecule has 0 fully saturated rings. The normalized spacial score (nSPS) is 10.0. The fourth-order valence-electron chi connectivity index (χ4n) is 1.69. The van der Waals surface area contributed by atoms with Gasteiger partial charge in [-0.2, -0.15) is 0 Å². The Morgan fingerprint density at radius 2 is 1.63 bits per heavy atom. The molecule has 104 valence electrons. The Balaban J connectivity index is 2.38. The van der Waals surface area contributed by atoms with Crippen LogP contribution >= 0.6 is 0 Å². The van der Waals surface area contributed by atoms with Crippen LogP contribution in [0, 0.1) is 0 Å². The Kier molecular flexibility index (Phi) is 5.85. The van der Waals surface area contributed by atoms with Crippen LogP contribution in [0.4, 0.5) is 4.79 Å². The summed E-state index contributed by atoms with van der Waals surface area (Å²) in [6.45, 7) is 0.837. The molecule has 0 aliphatic rings. The van der Waals surface area contributed by atoms with Crippen molar-refractivity contribution in [3.8, 4) is 0 Å². The second-order valence-electron chi connectivity index (χ2n) is 4.51. The van der Waals surface area contributed by atoms with E-state index in [4.69, 9.17) is 5.11 Å². The van der Waals surface area contributed by atoms with Crippen molar-refractivity contribution in [2.45, 2.75) is 12.8 Å². The Morgan fingerprint density at radius 3 is 2.21 bits per heavy atom. The molecule has 0 aliphatic heterocycles. The molecule has 1 aromatic rings. The molecule has 5 nitrogen and oxygen atoms in total. The molecule has 0 bridgehead atoms. The molecule has 0 heterocycles. The van der Waals surface area contributed by atoms with E-state index < -0.39 is 5.97 Å². The highest BCUT2D eigenvalue weighted by molar-refractivity contribution is 5.75. The lowest BCUT2D eigenvalue weighted by Crippen LogP contribution is -2.40. The third kappa shape index (κ3) is 5.42. The molecule has 0 saturated carbocycles. The maximum Gasteiger partial charge on any atom is 0.319 e. The topological polar surface area (TPSA) is 60.9 Å². The Labute approximate surface area is 113 Å². The Bertz CT molecular complexity index is 420. The van der Waals surface area contributed by atoms with E-state index in [-0.39, 0.29) is 19.0 Å². The minimum atomic E-state index is -0.897. The first-order chi connectivity index (χ1) is 9.00. The van der Waals surface area contributed by atoms with E-state index in [0.717, 1.165) is 6.42 Å². The van der Waals surface area contributed by atoms with Gasteiger partial charge in [0, 0.05) is 27.2 Å². The monoisotopic (exact) mass is 264 g/mol. The van der Waals surface area contributed by atoms with E-state index in [1.807, 2.05) is 30.3 Å². The van der Waals surface area contributed by atoms with Crippen molar-refractivity contribution in [2.75, 3.05) is 27.2 Å². The van der Waals surface area contributed by atoms with Gasteiger partial charge < -0.3 is 14.9 Å². The molecule has 0 aromatic heterocycles. The predicted octanol–water partition coefficient (Wildman–Crippen LogP) is 1.69. The lowest BCUT2D eigenvalue weighted by molar-refractivity contribution is -0.137. The number of amides is 2. The molecule has 0 atom stereocenters. The number of likely N-dealkylation sites (N-methyl/N-ethyl adjacent to an activating group) is 1. The van der Waals surface area contributed by atoms with Crippen LogP contribution in [0.3, 0.4) is 0 Å². The molecule has 0 radical (unpaired) electrons. The average molecular weight is 264 g/mol. The molecule has 2 amide bonds. The summed E-state index contributed by atoms with van der Waals surface area (Å²) in [4.78, 5) is 25.4. The van der Waals surface area contributed by atoms with Gasteiger partial charge >= 0.3 is 12.0 Å². The third-order valence-corrected chi connectivity index (χ3v) is 2.89. The molecule has 1 N–H and O–H groups in total. The maximum absolute atomic E-state index is 11.9. The number of carboxylic acid groups (broad SMARTS) is 1. The number of hydrogen-bond acceptors (Lipinski definition) is 2. The Hall–Kier alpha value is -2.04. The van der Waals surface area contributed by atoms with Crippen LogP contribution < -0.4 is 0 Å². The van der Waals surface area contributed by atoms with Gasteiger partial charge in [0.2, 0.25) is 0 Å². The van der Waals surface area contributed by atoms with Crippen molar-refractivity contribution < 1.29 is 14.7 Å². The van der Waals surface area contributed by atoms with Gasteiger partial charge in [0.15, 0.2) is 0 Å². The van der Waals surface area contributed by atoms with E-state index in [1.54, 1.807) is 19.0 Å². The lowest BCUT2D eigenvalue weighted by atomic mass is 10.1. The minimum Gasteiger partial charge on any atom is -0.481 e. The SMILES string of the molecule is CN(CCC(=O)O)C(=O)N(C)CCc1ccccc1. The van der Waals surface area contributed by atoms with E-state index in [1.165, 1.54) is 10.5 Å². The zero-order valence-corrected chi connectivity index (χ0v) is 11.4. The largest absolute Gasteiger partial charge is 0.481 e. The van der Waals surface area contributed by atoms with Crippen molar-refractivity contribution in [3.05, 3.63) is 35.9 Å². The molecular formula is C14H20N2O3. The summed E-state index contributed by atoms with van der Waals surface area (Å²) in [5.74, 6) is -0.897. The number of aliphatic carboxylic acids is 1. The fourth-order valence-corrected chi connectivity index (χ4v) is 1.69. The number of carbonyl (C=O) groups excluding carboxylic acids is 1. The quantitative estimate of drug-likeness (QED) is 0.850. The smallest absolute Gasteiger partial charge is 0.319 e. The molecule has 0 unspecified atom stereocenters. The predicted molar refractivity (Wildman–Crippen MR) is 73.1 cm³/mol. The second-order valence-corrected chi connectivity index (χ2v) is 4.51. The zero-order valence-electron chi connectivity index (χ0n) is 11.4. The first-order valence-corrected chi connectivity index (χ1v) is 6.22. The Morgan fingerprint density at radius 1 is 1.05 bits per heavy atom. The number of urea groups is 1. The van der Waals surface area contributed by atoms with Gasteiger partial charge in [-0.25, -0.2) is 4.79 Å². The van der Waals surface area contributed by atoms with Gasteiger partial charge in [0.05, 0.1) is 6.42 Å². The lowest BCUT2D eigenvalue weighted by Gasteiger charge is -2.24. The molecule has 0 aliphatic carbocycles. The summed E-state index contributed by atoms with van der Waals surface area (Å²) in [5, 5.41) is 8.58. The number of benzene rings is 1. The summed E-state index contributed by atoms with van der Waals surface area (Å²) in [5.41, 5.74) is 1.18. The molecule has 1 aromatic carbocycles. The van der Waals surface area contributed by atoms with Crippen molar-refractivity contribution in [1.29, 1.82) is 0 Å². The molecule has 0 spiro atoms. The van der Waals surface area contributed by atoms with Crippen molar-refractivity contribution in [1.82, 2.24) is 9.80 Å². The van der Waals surface area contributed by atoms with Gasteiger partial charge in [0.1, 0.15) is 0 Å². The molecule has 19 heavy (non-hydrogen) atoms. The van der Waals surface area contributed by atoms with Crippen molar-refractivity contribution >= 4 is 12.0 Å². The highest BCUT2D eigenvalue weighted by Crippen LogP contribution is 2.02. The summed E-state index contributed by atoms with van der Waals surface area (Å²) in [7, 11) is 3.34. The van der Waals surface area contributed by atoms with Gasteiger partial charge in [-0.15, -0.1) is 0 Å². The van der Waals surface area contributed by atoms with E-state index in [0.29, 0.717) is 6.54 Å². The number of hydrogen-bond donors (Lipinski definition) is 1. The summed E-state index contributed by atoms with van der Waals surface area (Å²) < 4.78 is 0.